The molecule has 0 saturated carbocycles. The van der Waals surface area contributed by atoms with E-state index in [1.54, 1.807) is 23.1 Å². The van der Waals surface area contributed by atoms with Crippen molar-refractivity contribution in [2.75, 3.05) is 20.8 Å². The number of aliphatic hydroxyl groups is 1. The number of nitrogens with zero attached hydrogens (tertiary/aromatic N) is 4. The summed E-state index contributed by atoms with van der Waals surface area (Å²) in [7, 11) is 3.05. The van der Waals surface area contributed by atoms with Gasteiger partial charge in [0.05, 0.1) is 60.5 Å². The number of ether oxygens (including phenoxy) is 2. The lowest BCUT2D eigenvalue weighted by Crippen LogP contribution is -2.01. The van der Waals surface area contributed by atoms with Crippen molar-refractivity contribution in [3.63, 3.8) is 0 Å². The number of nitrogens with one attached hydrogen (secondary N) is 1. The number of aliphatic hydroxyl groups excluding tert-OH is 1. The lowest BCUT2D eigenvalue weighted by molar-refractivity contribution is 0.269. The number of H-pyrrole nitrogens is 1. The summed E-state index contributed by atoms with van der Waals surface area (Å²) in [4.78, 5) is 4.55. The summed E-state index contributed by atoms with van der Waals surface area (Å²) in [6.07, 6.45) is 9.04. The molecule has 10 heteroatoms. The Hall–Kier alpha value is -3.07. The molecule has 0 unspecified atom stereocenters. The molecule has 0 saturated heterocycles. The predicted octanol–water partition coefficient (Wildman–Crippen LogP) is 4.31. The van der Waals surface area contributed by atoms with Gasteiger partial charge < -0.3 is 14.6 Å². The first-order chi connectivity index (χ1) is 15.0. The number of benzene rings is 1. The number of rotatable bonds is 7. The van der Waals surface area contributed by atoms with Crippen LogP contribution in [0, 0.1) is 0 Å². The van der Waals surface area contributed by atoms with E-state index in [0.29, 0.717) is 39.3 Å². The minimum absolute atomic E-state index is 0.0377. The van der Waals surface area contributed by atoms with E-state index in [-0.39, 0.29) is 6.61 Å². The van der Waals surface area contributed by atoms with Gasteiger partial charge in [-0.15, -0.1) is 0 Å². The number of hydrogen-bond donors (Lipinski definition) is 2. The van der Waals surface area contributed by atoms with Crippen molar-refractivity contribution in [1.82, 2.24) is 25.0 Å². The lowest BCUT2D eigenvalue weighted by Gasteiger charge is -2.14. The van der Waals surface area contributed by atoms with E-state index in [4.69, 9.17) is 37.8 Å². The van der Waals surface area contributed by atoms with E-state index in [2.05, 4.69) is 20.3 Å². The van der Waals surface area contributed by atoms with Gasteiger partial charge in [-0.3, -0.25) is 14.8 Å². The van der Waals surface area contributed by atoms with Crippen LogP contribution in [0.15, 0.2) is 30.7 Å². The van der Waals surface area contributed by atoms with Crippen LogP contribution >= 0.6 is 23.2 Å². The Morgan fingerprint density at radius 2 is 1.84 bits per heavy atom. The molecule has 1 aromatic carbocycles. The Kier molecular flexibility index (Phi) is 6.13. The second-order valence-electron chi connectivity index (χ2n) is 6.60. The van der Waals surface area contributed by atoms with Crippen molar-refractivity contribution in [2.45, 2.75) is 6.54 Å². The number of halogens is 2. The fraction of sp³-hybridized carbons (Fsp3) is 0.190. The molecule has 31 heavy (non-hydrogen) atoms. The first-order valence-electron chi connectivity index (χ1n) is 9.31. The van der Waals surface area contributed by atoms with Gasteiger partial charge in [-0.05, 0) is 18.2 Å². The average molecular weight is 460 g/mol. The number of methoxy groups -OCH3 is 2. The van der Waals surface area contributed by atoms with E-state index >= 15 is 0 Å². The maximum Gasteiger partial charge on any atom is 0.141 e. The molecule has 160 valence electrons. The van der Waals surface area contributed by atoms with Gasteiger partial charge >= 0.3 is 0 Å². The molecule has 4 aromatic rings. The number of pyridine rings is 1. The molecule has 0 fully saturated rings. The van der Waals surface area contributed by atoms with E-state index in [9.17, 15) is 0 Å². The summed E-state index contributed by atoms with van der Waals surface area (Å²) in [6.45, 7) is 0.488. The van der Waals surface area contributed by atoms with Gasteiger partial charge in [0.2, 0.25) is 0 Å². The first kappa shape index (κ1) is 21.2. The summed E-state index contributed by atoms with van der Waals surface area (Å²) < 4.78 is 12.4. The van der Waals surface area contributed by atoms with Crippen LogP contribution < -0.4 is 9.47 Å². The molecule has 0 amide bonds. The third kappa shape index (κ3) is 4.10. The molecule has 0 aliphatic heterocycles. The Morgan fingerprint density at radius 3 is 2.52 bits per heavy atom. The summed E-state index contributed by atoms with van der Waals surface area (Å²) in [5, 5.41) is 22.1. The fourth-order valence-corrected chi connectivity index (χ4v) is 3.87. The van der Waals surface area contributed by atoms with Crippen LogP contribution in [0.2, 0.25) is 10.0 Å². The third-order valence-corrected chi connectivity index (χ3v) is 5.47. The second kappa shape index (κ2) is 8.97. The van der Waals surface area contributed by atoms with Gasteiger partial charge in [0.1, 0.15) is 11.5 Å². The topological polar surface area (TPSA) is 98.1 Å². The largest absolute Gasteiger partial charge is 0.495 e. The Labute approximate surface area is 188 Å². The van der Waals surface area contributed by atoms with Crippen molar-refractivity contribution in [2.24, 2.45) is 0 Å². The molecule has 0 atom stereocenters. The molecule has 0 aliphatic rings. The highest BCUT2D eigenvalue weighted by Gasteiger charge is 2.20. The minimum atomic E-state index is 0.0377. The monoisotopic (exact) mass is 459 g/mol. The molecule has 2 N–H and O–H groups in total. The highest BCUT2D eigenvalue weighted by atomic mass is 35.5. The Morgan fingerprint density at radius 1 is 1.10 bits per heavy atom. The molecule has 3 aromatic heterocycles. The zero-order valence-electron chi connectivity index (χ0n) is 16.8. The van der Waals surface area contributed by atoms with Crippen LogP contribution in [0.5, 0.6) is 11.5 Å². The van der Waals surface area contributed by atoms with Crippen LogP contribution in [-0.4, -0.2) is 50.9 Å². The van der Waals surface area contributed by atoms with Gasteiger partial charge in [0, 0.05) is 35.0 Å². The predicted molar refractivity (Wildman–Crippen MR) is 121 cm³/mol. The fourth-order valence-electron chi connectivity index (χ4n) is 3.17. The van der Waals surface area contributed by atoms with E-state index in [0.717, 1.165) is 22.2 Å². The normalized spacial score (nSPS) is 11.5. The lowest BCUT2D eigenvalue weighted by atomic mass is 10.1. The van der Waals surface area contributed by atoms with E-state index in [1.165, 1.54) is 14.2 Å². The van der Waals surface area contributed by atoms with Crippen molar-refractivity contribution < 1.29 is 14.6 Å². The van der Waals surface area contributed by atoms with E-state index in [1.807, 2.05) is 24.4 Å². The molecular formula is C21H19Cl2N5O3. The van der Waals surface area contributed by atoms with Crippen LogP contribution in [0.4, 0.5) is 0 Å². The van der Waals surface area contributed by atoms with Crippen molar-refractivity contribution in [3.8, 4) is 22.8 Å². The van der Waals surface area contributed by atoms with Gasteiger partial charge in [-0.1, -0.05) is 23.2 Å². The molecule has 8 nitrogen and oxygen atoms in total. The van der Waals surface area contributed by atoms with Gasteiger partial charge in [0.15, 0.2) is 0 Å². The number of aromatic nitrogens is 5. The average Bonchev–Trinajstić information content (AvgIpc) is 3.39. The molecule has 0 aliphatic carbocycles. The van der Waals surface area contributed by atoms with Crippen molar-refractivity contribution in [1.29, 1.82) is 0 Å². The van der Waals surface area contributed by atoms with Crippen LogP contribution in [0.3, 0.4) is 0 Å². The summed E-state index contributed by atoms with van der Waals surface area (Å²) >= 11 is 13.0. The molecule has 0 spiro atoms. The number of hydrogen-bond acceptors (Lipinski definition) is 6. The van der Waals surface area contributed by atoms with Crippen LogP contribution in [0.1, 0.15) is 11.3 Å². The highest BCUT2D eigenvalue weighted by Crippen LogP contribution is 2.45. The zero-order chi connectivity index (χ0) is 22.0. The van der Waals surface area contributed by atoms with Crippen LogP contribution in [-0.2, 0) is 6.54 Å². The number of fused-ring (bicyclic) bond motifs is 1. The minimum Gasteiger partial charge on any atom is -0.495 e. The van der Waals surface area contributed by atoms with E-state index < -0.39 is 0 Å². The smallest absolute Gasteiger partial charge is 0.141 e. The summed E-state index contributed by atoms with van der Waals surface area (Å²) in [6, 6.07) is 3.46. The summed E-state index contributed by atoms with van der Waals surface area (Å²) in [5.41, 5.74) is 3.48. The van der Waals surface area contributed by atoms with Gasteiger partial charge in [-0.25, -0.2) is 0 Å². The second-order valence-corrected chi connectivity index (χ2v) is 7.36. The quantitative estimate of drug-likeness (QED) is 0.427. The van der Waals surface area contributed by atoms with Crippen molar-refractivity contribution in [3.05, 3.63) is 52.0 Å². The van der Waals surface area contributed by atoms with Crippen molar-refractivity contribution >= 4 is 46.3 Å². The summed E-state index contributed by atoms with van der Waals surface area (Å²) in [5.74, 6) is 0.879. The van der Waals surface area contributed by atoms with Crippen LogP contribution in [0.25, 0.3) is 34.3 Å². The Balaban J connectivity index is 1.70. The molecule has 4 rings (SSSR count). The molecule has 3 heterocycles. The number of aromatic amines is 1. The van der Waals surface area contributed by atoms with Gasteiger partial charge in [-0.2, -0.15) is 10.2 Å². The maximum absolute atomic E-state index is 8.99. The Bertz CT molecular complexity index is 1240. The molecule has 0 bridgehead atoms. The third-order valence-electron chi connectivity index (χ3n) is 4.72. The molecule has 0 radical (unpaired) electrons. The zero-order valence-corrected chi connectivity index (χ0v) is 18.3. The highest BCUT2D eigenvalue weighted by molar-refractivity contribution is 6.41. The first-order valence-corrected chi connectivity index (χ1v) is 10.1. The standard InChI is InChI=1S/C21H19Cl2N5O3/c1-30-17-8-18(31-2)21(23)19(20(17)22)16-7-15-13(10-24-16)14(26-27-15)4-3-12-9-25-28(11-12)5-6-29/h3-4,7-11,29H,5-6H2,1-2H3,(H,26,27)/b4-3+. The maximum atomic E-state index is 8.99. The SMILES string of the molecule is COc1cc(OC)c(Cl)c(-c2cc3[nH]nc(/C=C/c4cnn(CCO)c4)c3cn2)c1Cl. The van der Waals surface area contributed by atoms with Gasteiger partial charge in [0.25, 0.3) is 0 Å². The molecular weight excluding hydrogens is 441 g/mol.